The Labute approximate surface area is 120 Å². The predicted molar refractivity (Wildman–Crippen MR) is 77.2 cm³/mol. The molecule has 0 saturated carbocycles. The van der Waals surface area contributed by atoms with Crippen LogP contribution in [0.3, 0.4) is 0 Å². The Hall–Kier alpha value is -2.34. The molecule has 0 atom stereocenters. The van der Waals surface area contributed by atoms with Gasteiger partial charge in [0.25, 0.3) is 0 Å². The van der Waals surface area contributed by atoms with Gasteiger partial charge in [-0.15, -0.1) is 0 Å². The molecule has 0 aliphatic carbocycles. The Bertz CT molecular complexity index is 726. The smallest absolute Gasteiger partial charge is 0.224 e. The maximum absolute atomic E-state index is 11.8. The molecular formula is C14H12N4OS. The van der Waals surface area contributed by atoms with Gasteiger partial charge in [-0.2, -0.15) is 8.75 Å². The van der Waals surface area contributed by atoms with Crippen LogP contribution in [0.1, 0.15) is 11.1 Å². The van der Waals surface area contributed by atoms with Crippen LogP contribution in [0.4, 0.5) is 0 Å². The standard InChI is InChI=1S/C14H12N4OS/c19-14(7-10-2-1-5-15-8-10)16-9-11-3-4-12-13(6-11)18-20-17-12/h1-6,8H,7,9H2,(H,16,19). The van der Waals surface area contributed by atoms with E-state index in [1.54, 1.807) is 12.4 Å². The van der Waals surface area contributed by atoms with Crippen LogP contribution in [0.5, 0.6) is 0 Å². The molecule has 0 spiro atoms. The highest BCUT2D eigenvalue weighted by Crippen LogP contribution is 2.13. The number of nitrogens with zero attached hydrogens (tertiary/aromatic N) is 3. The lowest BCUT2D eigenvalue weighted by Gasteiger charge is -2.05. The third-order valence-electron chi connectivity index (χ3n) is 2.90. The average molecular weight is 284 g/mol. The molecular weight excluding hydrogens is 272 g/mol. The van der Waals surface area contributed by atoms with E-state index in [9.17, 15) is 4.79 Å². The highest BCUT2D eigenvalue weighted by atomic mass is 32.1. The van der Waals surface area contributed by atoms with Crippen molar-refractivity contribution in [3.8, 4) is 0 Å². The summed E-state index contributed by atoms with van der Waals surface area (Å²) in [6.07, 6.45) is 3.74. The minimum atomic E-state index is -0.0190. The zero-order valence-corrected chi connectivity index (χ0v) is 11.4. The molecule has 1 aromatic carbocycles. The lowest BCUT2D eigenvalue weighted by atomic mass is 10.2. The van der Waals surface area contributed by atoms with Gasteiger partial charge in [0.2, 0.25) is 5.91 Å². The molecule has 0 radical (unpaired) electrons. The maximum atomic E-state index is 11.8. The number of rotatable bonds is 4. The Kier molecular flexibility index (Phi) is 3.64. The molecule has 6 heteroatoms. The molecule has 0 bridgehead atoms. The van der Waals surface area contributed by atoms with Crippen molar-refractivity contribution in [1.29, 1.82) is 0 Å². The average Bonchev–Trinajstić information content (AvgIpc) is 2.93. The van der Waals surface area contributed by atoms with Crippen LogP contribution >= 0.6 is 11.7 Å². The topological polar surface area (TPSA) is 67.8 Å². The van der Waals surface area contributed by atoms with Crippen molar-refractivity contribution in [2.24, 2.45) is 0 Å². The summed E-state index contributed by atoms with van der Waals surface area (Å²) in [7, 11) is 0. The van der Waals surface area contributed by atoms with E-state index >= 15 is 0 Å². The van der Waals surface area contributed by atoms with Crippen LogP contribution in [-0.2, 0) is 17.8 Å². The van der Waals surface area contributed by atoms with Gasteiger partial charge in [0.15, 0.2) is 0 Å². The van der Waals surface area contributed by atoms with Crippen molar-refractivity contribution >= 4 is 28.7 Å². The SMILES string of the molecule is O=C(Cc1cccnc1)NCc1ccc2nsnc2c1. The molecule has 0 aliphatic rings. The van der Waals surface area contributed by atoms with Crippen LogP contribution in [0.2, 0.25) is 0 Å². The molecule has 0 unspecified atom stereocenters. The monoisotopic (exact) mass is 284 g/mol. The van der Waals surface area contributed by atoms with E-state index in [0.717, 1.165) is 22.2 Å². The molecule has 3 aromatic rings. The highest BCUT2D eigenvalue weighted by Gasteiger charge is 2.04. The maximum Gasteiger partial charge on any atom is 0.224 e. The summed E-state index contributed by atoms with van der Waals surface area (Å²) in [6, 6.07) is 9.53. The van der Waals surface area contributed by atoms with Gasteiger partial charge in [-0.3, -0.25) is 9.78 Å². The van der Waals surface area contributed by atoms with Crippen molar-refractivity contribution in [3.05, 3.63) is 53.9 Å². The van der Waals surface area contributed by atoms with Crippen molar-refractivity contribution in [2.75, 3.05) is 0 Å². The second-order valence-corrected chi connectivity index (χ2v) is 4.93. The van der Waals surface area contributed by atoms with Crippen LogP contribution in [-0.4, -0.2) is 19.6 Å². The number of fused-ring (bicyclic) bond motifs is 1. The van der Waals surface area contributed by atoms with E-state index in [-0.39, 0.29) is 5.91 Å². The number of amides is 1. The molecule has 2 aromatic heterocycles. The van der Waals surface area contributed by atoms with Crippen molar-refractivity contribution in [3.63, 3.8) is 0 Å². The first kappa shape index (κ1) is 12.7. The molecule has 1 amide bonds. The highest BCUT2D eigenvalue weighted by molar-refractivity contribution is 7.00. The fraction of sp³-hybridized carbons (Fsp3) is 0.143. The molecule has 0 saturated heterocycles. The summed E-state index contributed by atoms with van der Waals surface area (Å²) in [4.78, 5) is 15.8. The van der Waals surface area contributed by atoms with E-state index < -0.39 is 0 Å². The van der Waals surface area contributed by atoms with Crippen LogP contribution < -0.4 is 5.32 Å². The van der Waals surface area contributed by atoms with E-state index in [1.165, 1.54) is 11.7 Å². The van der Waals surface area contributed by atoms with Gasteiger partial charge >= 0.3 is 0 Å². The van der Waals surface area contributed by atoms with E-state index in [0.29, 0.717) is 13.0 Å². The van der Waals surface area contributed by atoms with Crippen LogP contribution in [0.25, 0.3) is 11.0 Å². The van der Waals surface area contributed by atoms with E-state index in [2.05, 4.69) is 19.0 Å². The molecule has 5 nitrogen and oxygen atoms in total. The molecule has 3 rings (SSSR count). The van der Waals surface area contributed by atoms with Crippen LogP contribution in [0, 0.1) is 0 Å². The number of aromatic nitrogens is 3. The molecule has 100 valence electrons. The first-order valence-corrected chi connectivity index (χ1v) is 6.91. The van der Waals surface area contributed by atoms with Gasteiger partial charge in [-0.25, -0.2) is 0 Å². The summed E-state index contributed by atoms with van der Waals surface area (Å²) in [5, 5.41) is 2.89. The summed E-state index contributed by atoms with van der Waals surface area (Å²) < 4.78 is 8.33. The van der Waals surface area contributed by atoms with Gasteiger partial charge in [0.05, 0.1) is 18.1 Å². The van der Waals surface area contributed by atoms with E-state index in [1.807, 2.05) is 30.3 Å². The van der Waals surface area contributed by atoms with Gasteiger partial charge in [-0.05, 0) is 29.3 Å². The minimum Gasteiger partial charge on any atom is -0.352 e. The zero-order valence-electron chi connectivity index (χ0n) is 10.6. The van der Waals surface area contributed by atoms with Gasteiger partial charge < -0.3 is 5.32 Å². The Morgan fingerprint density at radius 3 is 2.90 bits per heavy atom. The molecule has 0 aliphatic heterocycles. The van der Waals surface area contributed by atoms with Crippen molar-refractivity contribution in [2.45, 2.75) is 13.0 Å². The normalized spacial score (nSPS) is 10.6. The lowest BCUT2D eigenvalue weighted by Crippen LogP contribution is -2.24. The number of nitrogens with one attached hydrogen (secondary N) is 1. The summed E-state index contributed by atoms with van der Waals surface area (Å²) >= 11 is 1.19. The van der Waals surface area contributed by atoms with Crippen LogP contribution in [0.15, 0.2) is 42.7 Å². The quantitative estimate of drug-likeness (QED) is 0.795. The Morgan fingerprint density at radius 2 is 2.05 bits per heavy atom. The number of benzene rings is 1. The number of hydrogen-bond acceptors (Lipinski definition) is 5. The molecule has 20 heavy (non-hydrogen) atoms. The number of pyridine rings is 1. The fourth-order valence-corrected chi connectivity index (χ4v) is 2.41. The van der Waals surface area contributed by atoms with E-state index in [4.69, 9.17) is 0 Å². The summed E-state index contributed by atoms with van der Waals surface area (Å²) in [5.74, 6) is -0.0190. The first-order valence-electron chi connectivity index (χ1n) is 6.18. The lowest BCUT2D eigenvalue weighted by molar-refractivity contribution is -0.120. The van der Waals surface area contributed by atoms with Crippen molar-refractivity contribution in [1.82, 2.24) is 19.0 Å². The molecule has 0 fully saturated rings. The first-order chi connectivity index (χ1) is 9.81. The fourth-order valence-electron chi connectivity index (χ4n) is 1.89. The van der Waals surface area contributed by atoms with Gasteiger partial charge in [-0.1, -0.05) is 12.1 Å². The second-order valence-electron chi connectivity index (χ2n) is 4.40. The third kappa shape index (κ3) is 2.97. The van der Waals surface area contributed by atoms with Crippen molar-refractivity contribution < 1.29 is 4.79 Å². The number of hydrogen-bond donors (Lipinski definition) is 1. The molecule has 1 N–H and O–H groups in total. The predicted octanol–water partition coefficient (Wildman–Crippen LogP) is 1.95. The number of carbonyl (C=O) groups excluding carboxylic acids is 1. The van der Waals surface area contributed by atoms with Gasteiger partial charge in [0.1, 0.15) is 11.0 Å². The minimum absolute atomic E-state index is 0.0190. The Balaban J connectivity index is 1.59. The molecule has 2 heterocycles. The number of carbonyl (C=O) groups is 1. The zero-order chi connectivity index (χ0) is 13.8. The second kappa shape index (κ2) is 5.75. The van der Waals surface area contributed by atoms with Gasteiger partial charge in [0, 0.05) is 18.9 Å². The summed E-state index contributed by atoms with van der Waals surface area (Å²) in [5.41, 5.74) is 3.68. The third-order valence-corrected chi connectivity index (χ3v) is 3.45. The summed E-state index contributed by atoms with van der Waals surface area (Å²) in [6.45, 7) is 0.493. The largest absolute Gasteiger partial charge is 0.352 e. The Morgan fingerprint density at radius 1 is 1.15 bits per heavy atom.